The number of hydrogen-bond acceptors (Lipinski definition) is 11. The molecule has 1 unspecified atom stereocenters. The number of ether oxygens (including phenoxy) is 1. The average molecular weight is 682 g/mol. The number of carboxylic acids is 1. The number of carbonyl (C=O) groups excluding carboxylic acids is 4. The Labute approximate surface area is 271 Å². The van der Waals surface area contributed by atoms with E-state index in [2.05, 4.69) is 17.3 Å². The first-order chi connectivity index (χ1) is 22.0. The van der Waals surface area contributed by atoms with E-state index in [1.165, 1.54) is 30.3 Å². The number of phenols is 2. The van der Waals surface area contributed by atoms with Gasteiger partial charge in [-0.15, -0.1) is 0 Å². The Morgan fingerprint density at radius 2 is 1.81 bits per heavy atom. The van der Waals surface area contributed by atoms with Crippen molar-refractivity contribution in [2.24, 2.45) is 5.73 Å². The monoisotopic (exact) mass is 681 g/mol. The van der Waals surface area contributed by atoms with Crippen molar-refractivity contribution < 1.29 is 56.9 Å². The number of imide groups is 1. The molecule has 1 fully saturated rings. The van der Waals surface area contributed by atoms with Crippen LogP contribution in [0.15, 0.2) is 54.7 Å². The van der Waals surface area contributed by atoms with E-state index in [4.69, 9.17) is 20.4 Å². The fraction of sp³-hybridized carbons (Fsp3) is 0.367. The molecule has 0 spiro atoms. The third-order valence-corrected chi connectivity index (χ3v) is 8.12. The first-order valence-electron chi connectivity index (χ1n) is 14.1. The largest absolute Gasteiger partial charge is 0.542 e. The summed E-state index contributed by atoms with van der Waals surface area (Å²) in [6, 6.07) is 11.3. The summed E-state index contributed by atoms with van der Waals surface area (Å²) in [7, 11) is 3.32. The van der Waals surface area contributed by atoms with Crippen molar-refractivity contribution in [2.75, 3.05) is 32.6 Å². The lowest BCUT2D eigenvalue weighted by Crippen LogP contribution is -2.62. The second-order valence-electron chi connectivity index (χ2n) is 11.1. The quantitative estimate of drug-likeness (QED) is 0.203. The van der Waals surface area contributed by atoms with Gasteiger partial charge in [-0.2, -0.15) is 13.2 Å². The number of amides is 3. The first-order valence-corrected chi connectivity index (χ1v) is 14.9. The standard InChI is InChI=1S/C28H33N5O6S.C2HF3O2/c1-33(16-19-5-3-7-22(35)13-19)12-4-6-20(17-33)32(25(36)23(29)14-18-8-10-21(34)11-9-18)28(38)31-27-30-15-24(40-27)26(37)39-2;3-2(4,5)1(6)7/h3,5,7-11,13,15,20,23H,4,6,12,14,16-17,29H2,1-2H3,(H2-,30,31,34,35,37,38);(H,6,7)/t20-,23-,33?;/m0./s1. The molecule has 4 rings (SSSR count). The lowest BCUT2D eigenvalue weighted by Gasteiger charge is -2.44. The number of quaternary nitrogens is 1. The summed E-state index contributed by atoms with van der Waals surface area (Å²) >= 11 is 0.947. The first kappa shape index (κ1) is 36.7. The molecule has 0 aliphatic carbocycles. The Kier molecular flexibility index (Phi) is 12.3. The number of aromatic nitrogens is 1. The zero-order valence-electron chi connectivity index (χ0n) is 25.4. The predicted molar refractivity (Wildman–Crippen MR) is 161 cm³/mol. The number of aromatic hydroxyl groups is 2. The number of nitrogens with zero attached hydrogens (tertiary/aromatic N) is 3. The highest BCUT2D eigenvalue weighted by Gasteiger charge is 2.41. The van der Waals surface area contributed by atoms with E-state index >= 15 is 0 Å². The number of halogens is 3. The highest BCUT2D eigenvalue weighted by Crippen LogP contribution is 2.27. The van der Waals surface area contributed by atoms with Crippen molar-refractivity contribution in [3.63, 3.8) is 0 Å². The average Bonchev–Trinajstić information content (AvgIpc) is 3.46. The number of carboxylic acid groups (broad SMARTS) is 1. The summed E-state index contributed by atoms with van der Waals surface area (Å²) in [5, 5.41) is 31.1. The molecule has 254 valence electrons. The van der Waals surface area contributed by atoms with Gasteiger partial charge in [-0.1, -0.05) is 35.6 Å². The molecule has 3 atom stereocenters. The summed E-state index contributed by atoms with van der Waals surface area (Å²) in [5.41, 5.74) is 8.05. The van der Waals surface area contributed by atoms with Crippen LogP contribution in [0.5, 0.6) is 11.5 Å². The Balaban J connectivity index is 0.000000771. The molecule has 1 aliphatic rings. The number of esters is 1. The number of hydrogen-bond donors (Lipinski definition) is 4. The van der Waals surface area contributed by atoms with Crippen LogP contribution in [0, 0.1) is 0 Å². The number of alkyl halides is 3. The minimum atomic E-state index is -5.19. The second kappa shape index (κ2) is 15.7. The van der Waals surface area contributed by atoms with Gasteiger partial charge < -0.3 is 35.1 Å². The number of anilines is 1. The third kappa shape index (κ3) is 10.7. The highest BCUT2D eigenvalue weighted by molar-refractivity contribution is 7.17. The van der Waals surface area contributed by atoms with Crippen LogP contribution >= 0.6 is 11.3 Å². The summed E-state index contributed by atoms with van der Waals surface area (Å²) in [6.45, 7) is 1.94. The van der Waals surface area contributed by atoms with Gasteiger partial charge in [0.05, 0.1) is 39.0 Å². The Morgan fingerprint density at radius 3 is 2.40 bits per heavy atom. The topological polar surface area (TPSA) is 195 Å². The molecule has 1 aliphatic heterocycles. The molecule has 3 aromatic rings. The summed E-state index contributed by atoms with van der Waals surface area (Å²) < 4.78 is 36.8. The minimum Gasteiger partial charge on any atom is -0.542 e. The molecule has 13 nitrogen and oxygen atoms in total. The van der Waals surface area contributed by atoms with E-state index < -0.39 is 42.1 Å². The molecule has 47 heavy (non-hydrogen) atoms. The molecule has 5 N–H and O–H groups in total. The molecule has 2 aromatic carbocycles. The molecule has 17 heteroatoms. The normalized spacial score (nSPS) is 18.2. The maximum atomic E-state index is 13.8. The van der Waals surface area contributed by atoms with Crippen LogP contribution in [0.25, 0.3) is 0 Å². The van der Waals surface area contributed by atoms with Crippen molar-refractivity contribution in [3.8, 4) is 11.5 Å². The van der Waals surface area contributed by atoms with E-state index in [1.807, 2.05) is 6.07 Å². The van der Waals surface area contributed by atoms with Crippen LogP contribution in [-0.4, -0.2) is 94.0 Å². The van der Waals surface area contributed by atoms with E-state index in [1.54, 1.807) is 30.3 Å². The zero-order chi connectivity index (χ0) is 34.9. The number of likely N-dealkylation sites (N-methyl/N-ethyl adjacent to an activating group) is 1. The maximum Gasteiger partial charge on any atom is 0.430 e. The van der Waals surface area contributed by atoms with Crippen molar-refractivity contribution in [2.45, 2.75) is 44.1 Å². The van der Waals surface area contributed by atoms with Crippen LogP contribution < -0.4 is 16.2 Å². The number of urea groups is 1. The Morgan fingerprint density at radius 1 is 1.15 bits per heavy atom. The molecular weight excluding hydrogens is 647 g/mol. The van der Waals surface area contributed by atoms with Crippen LogP contribution in [0.4, 0.5) is 23.1 Å². The summed E-state index contributed by atoms with van der Waals surface area (Å²) in [5.74, 6) is -3.83. The third-order valence-electron chi connectivity index (χ3n) is 7.23. The molecular formula is C30H34F3N5O8S. The van der Waals surface area contributed by atoms with E-state index in [-0.39, 0.29) is 27.9 Å². The number of benzene rings is 2. The number of likely N-dealkylation sites (tertiary alicyclic amines) is 1. The number of phenolic OH excluding ortho intramolecular Hbond substituents is 2. The number of methoxy groups -OCH3 is 1. The van der Waals surface area contributed by atoms with Crippen LogP contribution in [0.2, 0.25) is 0 Å². The Hall–Kier alpha value is -4.74. The van der Waals surface area contributed by atoms with Crippen molar-refractivity contribution in [1.29, 1.82) is 0 Å². The van der Waals surface area contributed by atoms with Gasteiger partial charge in [0.15, 0.2) is 5.13 Å². The molecule has 0 radical (unpaired) electrons. The molecule has 3 amide bonds. The fourth-order valence-electron chi connectivity index (χ4n) is 5.13. The van der Waals surface area contributed by atoms with Crippen LogP contribution in [0.1, 0.15) is 33.6 Å². The summed E-state index contributed by atoms with van der Waals surface area (Å²) in [4.78, 5) is 53.5. The van der Waals surface area contributed by atoms with Crippen LogP contribution in [0.3, 0.4) is 0 Å². The van der Waals surface area contributed by atoms with Crippen molar-refractivity contribution in [3.05, 3.63) is 70.7 Å². The van der Waals surface area contributed by atoms with Crippen molar-refractivity contribution >= 4 is 40.3 Å². The van der Waals surface area contributed by atoms with E-state index in [0.717, 1.165) is 35.4 Å². The lowest BCUT2D eigenvalue weighted by molar-refractivity contribution is -0.928. The van der Waals surface area contributed by atoms with Gasteiger partial charge in [-0.3, -0.25) is 15.0 Å². The van der Waals surface area contributed by atoms with Gasteiger partial charge in [0, 0.05) is 5.56 Å². The van der Waals surface area contributed by atoms with Gasteiger partial charge in [0.25, 0.3) is 0 Å². The van der Waals surface area contributed by atoms with Crippen molar-refractivity contribution in [1.82, 2.24) is 9.88 Å². The number of carbonyl (C=O) groups is 4. The van der Waals surface area contributed by atoms with E-state index in [9.17, 15) is 37.8 Å². The Bertz CT molecular complexity index is 1570. The zero-order valence-corrected chi connectivity index (χ0v) is 26.2. The van der Waals surface area contributed by atoms with Gasteiger partial charge in [0.2, 0.25) is 5.91 Å². The maximum absolute atomic E-state index is 13.8. The number of piperidine rings is 1. The molecule has 0 bridgehead atoms. The SMILES string of the molecule is COC(=O)c1cnc(NC(=O)N(C(=O)[C@@H](N)Cc2ccc(O)cc2)[C@H]2CCC[N+](C)(Cc3cccc(O)c3)C2)s1.O=C([O-])C(F)(F)F. The van der Waals surface area contributed by atoms with E-state index in [0.29, 0.717) is 24.0 Å². The predicted octanol–water partition coefficient (Wildman–Crippen LogP) is 2.38. The molecule has 1 aromatic heterocycles. The van der Waals surface area contributed by atoms with Gasteiger partial charge in [-0.05, 0) is 49.1 Å². The van der Waals surface area contributed by atoms with Gasteiger partial charge in [0.1, 0.15) is 35.4 Å². The van der Waals surface area contributed by atoms with Gasteiger partial charge in [-0.25, -0.2) is 14.6 Å². The van der Waals surface area contributed by atoms with Crippen LogP contribution in [-0.2, 0) is 27.3 Å². The number of aliphatic carboxylic acids is 1. The van der Waals surface area contributed by atoms with Gasteiger partial charge >= 0.3 is 18.2 Å². The lowest BCUT2D eigenvalue weighted by atomic mass is 9.98. The second-order valence-corrected chi connectivity index (χ2v) is 12.1. The molecule has 0 saturated carbocycles. The summed E-state index contributed by atoms with van der Waals surface area (Å²) in [6.07, 6.45) is -2.34. The highest BCUT2D eigenvalue weighted by atomic mass is 32.1. The smallest absolute Gasteiger partial charge is 0.430 e. The number of nitrogens with two attached hydrogens (primary N) is 1. The molecule has 2 heterocycles. The minimum absolute atomic E-state index is 0.102. The molecule has 1 saturated heterocycles. The number of nitrogens with one attached hydrogen (secondary N) is 1. The number of rotatable bonds is 8. The fourth-order valence-corrected chi connectivity index (χ4v) is 5.85. The number of thiazole rings is 1.